The van der Waals surface area contributed by atoms with E-state index in [0.717, 1.165) is 117 Å². The van der Waals surface area contributed by atoms with Crippen LogP contribution >= 0.6 is 35.1 Å². The lowest BCUT2D eigenvalue weighted by molar-refractivity contribution is 0.165. The average Bonchev–Trinajstić information content (AvgIpc) is 4.57. The minimum Gasteiger partial charge on any atom is -0.383 e. The number of nitrogen functional groups attached to an aromatic ring is 4. The fourth-order valence-electron chi connectivity index (χ4n) is 11.5. The molecule has 6 aromatic rings. The number of rotatable bonds is 11. The lowest BCUT2D eigenvalue weighted by Crippen LogP contribution is -2.48. The Hall–Kier alpha value is -4.93. The molecular formula is C58H75ClN14O2S4. The molecule has 12 rings (SSSR count). The number of aromatic nitrogens is 6. The van der Waals surface area contributed by atoms with Crippen LogP contribution in [0.1, 0.15) is 150 Å². The molecule has 2 aromatic carbocycles. The maximum Gasteiger partial charge on any atom is 0.158 e. The number of halogens is 1. The van der Waals surface area contributed by atoms with Crippen molar-refractivity contribution in [3.8, 4) is 0 Å². The van der Waals surface area contributed by atoms with Crippen molar-refractivity contribution in [2.45, 2.75) is 159 Å². The van der Waals surface area contributed by atoms with E-state index < -0.39 is 22.0 Å². The minimum atomic E-state index is -1.15. The van der Waals surface area contributed by atoms with E-state index in [2.05, 4.69) is 88.1 Å². The molecule has 4 aromatic heterocycles. The fraction of sp³-hybridized carbons (Fsp3) is 0.483. The summed E-state index contributed by atoms with van der Waals surface area (Å²) < 4.78 is 32.3. The molecule has 2 saturated heterocycles. The highest BCUT2D eigenvalue weighted by Crippen LogP contribution is 2.54. The van der Waals surface area contributed by atoms with Crippen molar-refractivity contribution in [3.63, 3.8) is 0 Å². The predicted molar refractivity (Wildman–Crippen MR) is 324 cm³/mol. The first-order valence-corrected chi connectivity index (χ1v) is 31.8. The van der Waals surface area contributed by atoms with Crippen LogP contribution in [-0.4, -0.2) is 74.0 Å². The van der Waals surface area contributed by atoms with Gasteiger partial charge in [0.2, 0.25) is 0 Å². The predicted octanol–water partition coefficient (Wildman–Crippen LogP) is 10.4. The molecule has 4 atom stereocenters. The summed E-state index contributed by atoms with van der Waals surface area (Å²) in [4.78, 5) is 30.5. The normalized spacial score (nSPS) is 20.8. The van der Waals surface area contributed by atoms with Crippen LogP contribution < -0.4 is 42.6 Å². The molecule has 0 amide bonds. The molecule has 0 radical (unpaired) electrons. The third-order valence-corrected chi connectivity index (χ3v) is 21.6. The molecule has 2 aliphatic heterocycles. The molecular weight excluding hydrogens is 1090 g/mol. The van der Waals surface area contributed by atoms with Crippen molar-refractivity contribution in [2.75, 3.05) is 54.0 Å². The van der Waals surface area contributed by atoms with E-state index in [9.17, 15) is 8.42 Å². The molecule has 2 saturated carbocycles. The Morgan fingerprint density at radius 2 is 1.05 bits per heavy atom. The van der Waals surface area contributed by atoms with Crippen LogP contribution in [0.2, 0.25) is 5.15 Å². The standard InChI is InChI=1S/C29H37N7OS2.C17H26N2OS.C12H12ClN5S/c1-28(2,3)39(37)35-24-20-7-5-4-6-19(20)16-29(24)11-14-36(15-12-29)22-17-33-27(26(31)34-22)38-21-10-13-32-25(30)23(21)18-8-9-18;1-16(2,3)21(20)19-15-14-7-5-4-6-13(14)12-17(15)8-10-18-11-9-17;13-8-5-17-12(11(15)18-8)19-7-3-4-16-10(14)9(7)6-1-2-6/h4-7,10,13,17-18,24,35H,8-9,11-12,14-16H2,1-3H3,(H2,30,32)(H2,31,34);4-7,15,18-19H,8-12H2,1-3H3;3-6H,1-2H2,(H2,14,16)(H2,15,18)/t24-,39-;15-,21-;/m11./s1. The van der Waals surface area contributed by atoms with Crippen LogP contribution in [0.25, 0.3) is 0 Å². The molecule has 2 spiro atoms. The van der Waals surface area contributed by atoms with Crippen LogP contribution in [-0.2, 0) is 34.8 Å². The fourth-order valence-corrected chi connectivity index (χ4v) is 15.5. The SMILES string of the molecule is CC(C)(C)[S@@](=O)N[C@@H]1c2ccccc2CC12CCN(c1cnc(Sc3ccnc(N)c3C3CC3)c(N)n1)CC2.CC(C)(C)[S@@](=O)N[C@@H]1c2ccccc2CC12CCNCC2.Nc1nc(Cl)cnc1Sc1ccnc(N)c1C1CC1. The topological polar surface area (TPSA) is 255 Å². The number of piperidine rings is 2. The third-order valence-electron chi connectivity index (χ3n) is 16.1. The molecule has 4 aliphatic carbocycles. The van der Waals surface area contributed by atoms with Gasteiger partial charge in [-0.1, -0.05) is 83.7 Å². The Kier molecular flexibility index (Phi) is 17.1. The van der Waals surface area contributed by atoms with Crippen molar-refractivity contribution < 1.29 is 8.42 Å². The Morgan fingerprint density at radius 3 is 1.49 bits per heavy atom. The van der Waals surface area contributed by atoms with Crippen LogP contribution in [0.3, 0.4) is 0 Å². The Morgan fingerprint density at radius 1 is 0.608 bits per heavy atom. The number of anilines is 5. The first kappa shape index (κ1) is 57.3. The van der Waals surface area contributed by atoms with Crippen molar-refractivity contribution in [1.29, 1.82) is 0 Å². The number of pyridine rings is 2. The first-order chi connectivity index (χ1) is 37.7. The number of hydrogen-bond acceptors (Lipinski definition) is 16. The lowest BCUT2D eigenvalue weighted by atomic mass is 9.73. The van der Waals surface area contributed by atoms with E-state index in [1.54, 1.807) is 12.4 Å². The van der Waals surface area contributed by atoms with Gasteiger partial charge in [-0.25, -0.2) is 47.8 Å². The van der Waals surface area contributed by atoms with Crippen molar-refractivity contribution >= 4 is 86.2 Å². The van der Waals surface area contributed by atoms with Gasteiger partial charge >= 0.3 is 0 Å². The summed E-state index contributed by atoms with van der Waals surface area (Å²) in [7, 11) is -2.18. The highest BCUT2D eigenvalue weighted by Gasteiger charge is 2.50. The number of nitrogens with one attached hydrogen (secondary N) is 3. The number of nitrogens with zero attached hydrogens (tertiary/aromatic N) is 7. The molecule has 0 bridgehead atoms. The van der Waals surface area contributed by atoms with E-state index in [1.807, 2.05) is 59.9 Å². The van der Waals surface area contributed by atoms with Gasteiger partial charge in [-0.3, -0.25) is 0 Å². The van der Waals surface area contributed by atoms with E-state index >= 15 is 0 Å². The van der Waals surface area contributed by atoms with E-state index in [1.165, 1.54) is 52.0 Å². The molecule has 11 N–H and O–H groups in total. The van der Waals surface area contributed by atoms with Gasteiger partial charge in [0.15, 0.2) is 11.6 Å². The summed E-state index contributed by atoms with van der Waals surface area (Å²) >= 11 is 8.72. The molecule has 0 unspecified atom stereocenters. The Balaban J connectivity index is 0.000000148. The number of benzene rings is 2. The van der Waals surface area contributed by atoms with Gasteiger partial charge in [-0.2, -0.15) is 0 Å². The highest BCUT2D eigenvalue weighted by molar-refractivity contribution is 7.99. The smallest absolute Gasteiger partial charge is 0.158 e. The van der Waals surface area contributed by atoms with Gasteiger partial charge in [0, 0.05) is 46.4 Å². The van der Waals surface area contributed by atoms with Crippen LogP contribution in [0.4, 0.5) is 29.1 Å². The second-order valence-corrected chi connectivity index (χ2v) is 30.3. The number of hydrogen-bond donors (Lipinski definition) is 7. The maximum absolute atomic E-state index is 13.2. The van der Waals surface area contributed by atoms with Gasteiger partial charge in [0.05, 0.1) is 55.9 Å². The minimum absolute atomic E-state index is 0.0242. The number of nitrogens with two attached hydrogens (primary N) is 4. The summed E-state index contributed by atoms with van der Waals surface area (Å²) in [5.74, 6) is 3.75. The molecule has 16 nitrogen and oxygen atoms in total. The van der Waals surface area contributed by atoms with E-state index in [0.29, 0.717) is 50.3 Å². The zero-order chi connectivity index (χ0) is 55.9. The van der Waals surface area contributed by atoms with Gasteiger partial charge in [0.1, 0.15) is 32.7 Å². The van der Waals surface area contributed by atoms with Crippen molar-refractivity contribution in [3.05, 3.63) is 124 Å². The van der Waals surface area contributed by atoms with Crippen LogP contribution in [0.5, 0.6) is 0 Å². The first-order valence-electron chi connectivity index (χ1n) is 27.4. The van der Waals surface area contributed by atoms with Crippen LogP contribution in [0.15, 0.2) is 105 Å². The Labute approximate surface area is 484 Å². The van der Waals surface area contributed by atoms with Gasteiger partial charge < -0.3 is 33.2 Å². The summed E-state index contributed by atoms with van der Waals surface area (Å²) in [6, 6.07) is 21.5. The Bertz CT molecular complexity index is 3220. The van der Waals surface area contributed by atoms with Crippen molar-refractivity contribution in [2.24, 2.45) is 10.8 Å². The molecule has 79 heavy (non-hydrogen) atoms. The second-order valence-electron chi connectivity index (χ2n) is 23.8. The van der Waals surface area contributed by atoms with Gasteiger partial charge in [-0.15, -0.1) is 0 Å². The zero-order valence-electron chi connectivity index (χ0n) is 46.1. The molecule has 6 heterocycles. The molecule has 420 valence electrons. The third kappa shape index (κ3) is 12.9. The van der Waals surface area contributed by atoms with Gasteiger partial charge in [0.25, 0.3) is 0 Å². The summed E-state index contributed by atoms with van der Waals surface area (Å²) in [5.41, 5.74) is 32.3. The quantitative estimate of drug-likeness (QED) is 0.0637. The zero-order valence-corrected chi connectivity index (χ0v) is 50.1. The second kappa shape index (κ2) is 23.5. The lowest BCUT2D eigenvalue weighted by Gasteiger charge is -2.44. The van der Waals surface area contributed by atoms with E-state index in [-0.39, 0.29) is 32.4 Å². The monoisotopic (exact) mass is 1160 g/mol. The van der Waals surface area contributed by atoms with E-state index in [4.69, 9.17) is 44.5 Å². The summed E-state index contributed by atoms with van der Waals surface area (Å²) in [6.07, 6.45) is 17.7. The summed E-state index contributed by atoms with van der Waals surface area (Å²) in [5, 5.41) is 5.08. The summed E-state index contributed by atoms with van der Waals surface area (Å²) in [6.45, 7) is 16.0. The van der Waals surface area contributed by atoms with Crippen LogP contribution in [0, 0.1) is 10.8 Å². The van der Waals surface area contributed by atoms with Crippen molar-refractivity contribution in [1.82, 2.24) is 44.7 Å². The van der Waals surface area contributed by atoms with Gasteiger partial charge in [-0.05, 0) is 176 Å². The average molecular weight is 1160 g/mol. The number of fused-ring (bicyclic) bond motifs is 2. The molecule has 4 fully saturated rings. The molecule has 6 aliphatic rings. The maximum atomic E-state index is 13.2. The highest BCUT2D eigenvalue weighted by atomic mass is 35.5. The molecule has 21 heteroatoms. The largest absolute Gasteiger partial charge is 0.383 e.